The van der Waals surface area contributed by atoms with E-state index in [-0.39, 0.29) is 5.92 Å². The van der Waals surface area contributed by atoms with E-state index in [0.717, 1.165) is 19.3 Å². The molecule has 0 aromatic heterocycles. The number of halogens is 5. The Hall–Kier alpha value is -1.21. The van der Waals surface area contributed by atoms with Crippen molar-refractivity contribution in [1.82, 2.24) is 5.43 Å². The number of rotatable bonds is 3. The summed E-state index contributed by atoms with van der Waals surface area (Å²) in [4.78, 5) is 0. The van der Waals surface area contributed by atoms with E-state index >= 15 is 0 Å². The van der Waals surface area contributed by atoms with Gasteiger partial charge in [-0.25, -0.2) is 22.0 Å². The van der Waals surface area contributed by atoms with Crippen LogP contribution in [-0.2, 0) is 0 Å². The summed E-state index contributed by atoms with van der Waals surface area (Å²) in [5.41, 5.74) is 1.34. The lowest BCUT2D eigenvalue weighted by Crippen LogP contribution is -2.36. The molecule has 0 saturated heterocycles. The van der Waals surface area contributed by atoms with Gasteiger partial charge in [-0.05, 0) is 18.8 Å². The summed E-state index contributed by atoms with van der Waals surface area (Å²) < 4.78 is 67.1. The second-order valence-electron chi connectivity index (χ2n) is 5.03. The highest BCUT2D eigenvalue weighted by Gasteiger charge is 2.34. The molecule has 112 valence electrons. The molecule has 0 bridgehead atoms. The van der Waals surface area contributed by atoms with E-state index in [4.69, 9.17) is 5.84 Å². The minimum absolute atomic E-state index is 0.248. The molecule has 1 fully saturated rings. The number of hydrogen-bond acceptors (Lipinski definition) is 2. The smallest absolute Gasteiger partial charge is 0.200 e. The summed E-state index contributed by atoms with van der Waals surface area (Å²) >= 11 is 0. The zero-order valence-corrected chi connectivity index (χ0v) is 10.7. The fourth-order valence-electron chi connectivity index (χ4n) is 2.82. The summed E-state index contributed by atoms with van der Waals surface area (Å²) in [6.07, 6.45) is 3.95. The van der Waals surface area contributed by atoms with Crippen LogP contribution in [0.25, 0.3) is 0 Å². The van der Waals surface area contributed by atoms with Crippen LogP contribution in [0.1, 0.15) is 43.7 Å². The van der Waals surface area contributed by atoms with E-state index in [2.05, 4.69) is 5.43 Å². The molecule has 1 aliphatic rings. The first kappa shape index (κ1) is 15.2. The molecule has 1 aromatic rings. The van der Waals surface area contributed by atoms with Gasteiger partial charge >= 0.3 is 0 Å². The van der Waals surface area contributed by atoms with Gasteiger partial charge in [0.1, 0.15) is 0 Å². The van der Waals surface area contributed by atoms with E-state index in [1.165, 1.54) is 0 Å². The van der Waals surface area contributed by atoms with Gasteiger partial charge in [-0.1, -0.05) is 19.3 Å². The lowest BCUT2D eigenvalue weighted by atomic mass is 9.81. The molecule has 0 spiro atoms. The standard InChI is InChI=1S/C13H15F5N2/c14-8-7(9(15)11(17)12(18)10(8)16)13(20-19)6-4-2-1-3-5-6/h6,13,20H,1-5,19H2. The molecule has 1 unspecified atom stereocenters. The van der Waals surface area contributed by atoms with Crippen molar-refractivity contribution in [2.24, 2.45) is 11.8 Å². The topological polar surface area (TPSA) is 38.0 Å². The zero-order valence-electron chi connectivity index (χ0n) is 10.7. The van der Waals surface area contributed by atoms with Gasteiger partial charge in [0.15, 0.2) is 23.3 Å². The maximum Gasteiger partial charge on any atom is 0.200 e. The maximum atomic E-state index is 13.8. The van der Waals surface area contributed by atoms with Gasteiger partial charge in [0.2, 0.25) is 5.82 Å². The molecule has 1 aliphatic carbocycles. The molecular formula is C13H15F5N2. The van der Waals surface area contributed by atoms with Crippen LogP contribution in [0.5, 0.6) is 0 Å². The van der Waals surface area contributed by atoms with Gasteiger partial charge < -0.3 is 0 Å². The molecule has 1 saturated carbocycles. The highest BCUT2D eigenvalue weighted by Crippen LogP contribution is 2.37. The molecule has 7 heteroatoms. The van der Waals surface area contributed by atoms with Crippen molar-refractivity contribution in [1.29, 1.82) is 0 Å². The van der Waals surface area contributed by atoms with Crippen molar-refractivity contribution in [3.05, 3.63) is 34.6 Å². The molecule has 1 aromatic carbocycles. The largest absolute Gasteiger partial charge is 0.271 e. The number of benzene rings is 1. The van der Waals surface area contributed by atoms with Gasteiger partial charge in [-0.15, -0.1) is 0 Å². The molecule has 20 heavy (non-hydrogen) atoms. The lowest BCUT2D eigenvalue weighted by molar-refractivity contribution is 0.255. The first-order chi connectivity index (χ1) is 9.49. The quantitative estimate of drug-likeness (QED) is 0.294. The van der Waals surface area contributed by atoms with Gasteiger partial charge in [-0.2, -0.15) is 0 Å². The normalized spacial score (nSPS) is 18.3. The fourth-order valence-corrected chi connectivity index (χ4v) is 2.82. The average molecular weight is 294 g/mol. The summed E-state index contributed by atoms with van der Waals surface area (Å²) in [7, 11) is 0. The summed E-state index contributed by atoms with van der Waals surface area (Å²) in [6, 6.07) is -1.08. The maximum absolute atomic E-state index is 13.8. The van der Waals surface area contributed by atoms with Crippen molar-refractivity contribution in [3.8, 4) is 0 Å². The third-order valence-corrected chi connectivity index (χ3v) is 3.86. The fraction of sp³-hybridized carbons (Fsp3) is 0.538. The Balaban J connectivity index is 2.48. The summed E-state index contributed by atoms with van der Waals surface area (Å²) in [6.45, 7) is 0. The van der Waals surface area contributed by atoms with Crippen LogP contribution in [0.3, 0.4) is 0 Å². The molecule has 2 rings (SSSR count). The van der Waals surface area contributed by atoms with Crippen LogP contribution in [0, 0.1) is 35.0 Å². The number of nitrogens with one attached hydrogen (secondary N) is 1. The van der Waals surface area contributed by atoms with Crippen molar-refractivity contribution < 1.29 is 22.0 Å². The summed E-state index contributed by atoms with van der Waals surface area (Å²) in [5.74, 6) is -4.60. The van der Waals surface area contributed by atoms with E-state index < -0.39 is 40.7 Å². The molecule has 2 nitrogen and oxygen atoms in total. The molecule has 1 atom stereocenters. The highest BCUT2D eigenvalue weighted by atomic mass is 19.2. The van der Waals surface area contributed by atoms with Gasteiger partial charge in [0.05, 0.1) is 6.04 Å². The summed E-state index contributed by atoms with van der Waals surface area (Å²) in [5, 5.41) is 0. The van der Waals surface area contributed by atoms with Crippen LogP contribution in [0.4, 0.5) is 22.0 Å². The Morgan fingerprint density at radius 1 is 0.800 bits per heavy atom. The molecule has 0 radical (unpaired) electrons. The van der Waals surface area contributed by atoms with Crippen LogP contribution in [-0.4, -0.2) is 0 Å². The Morgan fingerprint density at radius 2 is 1.25 bits per heavy atom. The average Bonchev–Trinajstić information content (AvgIpc) is 2.48. The van der Waals surface area contributed by atoms with Crippen LogP contribution >= 0.6 is 0 Å². The van der Waals surface area contributed by atoms with Gasteiger partial charge in [0, 0.05) is 5.56 Å². The predicted octanol–water partition coefficient (Wildman–Crippen LogP) is 3.47. The van der Waals surface area contributed by atoms with Crippen molar-refractivity contribution in [3.63, 3.8) is 0 Å². The second-order valence-corrected chi connectivity index (χ2v) is 5.03. The van der Waals surface area contributed by atoms with Crippen molar-refractivity contribution in [2.75, 3.05) is 0 Å². The SMILES string of the molecule is NNC(c1c(F)c(F)c(F)c(F)c1F)C1CCCCC1. The Bertz CT molecular complexity index is 471. The van der Waals surface area contributed by atoms with E-state index in [0.29, 0.717) is 12.8 Å². The first-order valence-electron chi connectivity index (χ1n) is 6.46. The monoisotopic (exact) mass is 294 g/mol. The van der Waals surface area contributed by atoms with Crippen molar-refractivity contribution in [2.45, 2.75) is 38.1 Å². The van der Waals surface area contributed by atoms with E-state index in [1.807, 2.05) is 0 Å². The third-order valence-electron chi connectivity index (χ3n) is 3.86. The minimum atomic E-state index is -2.15. The molecule has 0 heterocycles. The lowest BCUT2D eigenvalue weighted by Gasteiger charge is -2.30. The van der Waals surface area contributed by atoms with Gasteiger partial charge in [-0.3, -0.25) is 11.3 Å². The minimum Gasteiger partial charge on any atom is -0.271 e. The highest BCUT2D eigenvalue weighted by molar-refractivity contribution is 5.27. The Kier molecular flexibility index (Phi) is 4.59. The Labute approximate surface area is 113 Å². The zero-order chi connectivity index (χ0) is 14.9. The number of hydrogen-bond donors (Lipinski definition) is 2. The molecular weight excluding hydrogens is 279 g/mol. The second kappa shape index (κ2) is 6.05. The van der Waals surface area contributed by atoms with E-state index in [1.54, 1.807) is 0 Å². The van der Waals surface area contributed by atoms with Crippen molar-refractivity contribution >= 4 is 0 Å². The molecule has 0 amide bonds. The number of nitrogens with two attached hydrogens (primary N) is 1. The van der Waals surface area contributed by atoms with Crippen LogP contribution in [0.2, 0.25) is 0 Å². The van der Waals surface area contributed by atoms with Crippen LogP contribution in [0.15, 0.2) is 0 Å². The first-order valence-corrected chi connectivity index (χ1v) is 6.46. The van der Waals surface area contributed by atoms with E-state index in [9.17, 15) is 22.0 Å². The van der Waals surface area contributed by atoms with Crippen LogP contribution < -0.4 is 11.3 Å². The third kappa shape index (κ3) is 2.52. The molecule has 3 N–H and O–H groups in total. The number of hydrazine groups is 1. The predicted molar refractivity (Wildman–Crippen MR) is 62.9 cm³/mol. The Morgan fingerprint density at radius 3 is 1.70 bits per heavy atom. The van der Waals surface area contributed by atoms with Gasteiger partial charge in [0.25, 0.3) is 0 Å². The molecule has 0 aliphatic heterocycles.